The molecule has 0 fully saturated rings. The lowest BCUT2D eigenvalue weighted by molar-refractivity contribution is 0.480. The molecule has 0 spiro atoms. The molecule has 1 nitrogen and oxygen atoms in total. The Balaban J connectivity index is 2.65. The van der Waals surface area contributed by atoms with E-state index in [0.29, 0.717) is 5.56 Å². The molecule has 0 saturated carbocycles. The Morgan fingerprint density at radius 3 is 2.73 bits per heavy atom. The zero-order valence-electron chi connectivity index (χ0n) is 8.00. The zero-order chi connectivity index (χ0) is 10.7. The van der Waals surface area contributed by atoms with Crippen LogP contribution in [0.15, 0.2) is 36.4 Å². The molecule has 74 valence electrons. The number of benzene rings is 2. The van der Waals surface area contributed by atoms with Crippen molar-refractivity contribution in [3.63, 3.8) is 0 Å². The van der Waals surface area contributed by atoms with Crippen molar-refractivity contribution >= 4 is 22.4 Å². The number of fused-ring (bicyclic) bond motifs is 1. The van der Waals surface area contributed by atoms with Gasteiger partial charge in [-0.15, -0.1) is 11.6 Å². The Hall–Kier alpha value is -1.65. The van der Waals surface area contributed by atoms with E-state index in [-0.39, 0.29) is 11.6 Å². The molecule has 0 heterocycles. The van der Waals surface area contributed by atoms with Crippen LogP contribution in [-0.2, 0) is 0 Å². The first-order valence-corrected chi connectivity index (χ1v) is 5.12. The molecule has 2 heteroatoms. The van der Waals surface area contributed by atoms with Gasteiger partial charge in [0.25, 0.3) is 0 Å². The van der Waals surface area contributed by atoms with Crippen LogP contribution in [0.4, 0.5) is 0 Å². The molecule has 2 aromatic carbocycles. The summed E-state index contributed by atoms with van der Waals surface area (Å²) in [5.74, 6) is 6.05. The maximum absolute atomic E-state index is 9.93. The third-order valence-electron chi connectivity index (χ3n) is 2.19. The van der Waals surface area contributed by atoms with Crippen molar-refractivity contribution in [2.75, 3.05) is 5.88 Å². The minimum Gasteiger partial charge on any atom is -0.506 e. The second-order valence-corrected chi connectivity index (χ2v) is 3.39. The van der Waals surface area contributed by atoms with Gasteiger partial charge in [-0.3, -0.25) is 0 Å². The number of hydrogen-bond acceptors (Lipinski definition) is 1. The van der Waals surface area contributed by atoms with Crippen LogP contribution in [0.2, 0.25) is 0 Å². The normalized spacial score (nSPS) is 9.67. The zero-order valence-corrected chi connectivity index (χ0v) is 8.75. The summed E-state index contributed by atoms with van der Waals surface area (Å²) in [6.07, 6.45) is 0. The third-order valence-corrected chi connectivity index (χ3v) is 2.32. The van der Waals surface area contributed by atoms with E-state index < -0.39 is 0 Å². The SMILES string of the molecule is Oc1c(C#CCCl)ccc2ccccc12. The molecule has 0 amide bonds. The van der Waals surface area contributed by atoms with Crippen LogP contribution in [-0.4, -0.2) is 11.0 Å². The van der Waals surface area contributed by atoms with Gasteiger partial charge in [0, 0.05) is 5.39 Å². The van der Waals surface area contributed by atoms with Gasteiger partial charge in [0.1, 0.15) is 5.75 Å². The summed E-state index contributed by atoms with van der Waals surface area (Å²) in [5.41, 5.74) is 0.620. The number of alkyl halides is 1. The van der Waals surface area contributed by atoms with E-state index in [1.165, 1.54) is 0 Å². The summed E-state index contributed by atoms with van der Waals surface area (Å²) in [5, 5.41) is 11.8. The third kappa shape index (κ3) is 1.91. The van der Waals surface area contributed by atoms with Gasteiger partial charge in [-0.2, -0.15) is 0 Å². The number of aromatic hydroxyl groups is 1. The maximum Gasteiger partial charge on any atom is 0.139 e. The standard InChI is InChI=1S/C13H9ClO/c14-9-3-5-11-8-7-10-4-1-2-6-12(10)13(11)15/h1-2,4,6-8,15H,9H2. The van der Waals surface area contributed by atoms with Crippen LogP contribution in [0.3, 0.4) is 0 Å². The number of halogens is 1. The lowest BCUT2D eigenvalue weighted by Gasteiger charge is -2.02. The van der Waals surface area contributed by atoms with Crippen LogP contribution in [0.1, 0.15) is 5.56 Å². The van der Waals surface area contributed by atoms with Gasteiger partial charge in [-0.05, 0) is 11.5 Å². The Kier molecular flexibility index (Phi) is 2.80. The van der Waals surface area contributed by atoms with Crippen molar-refractivity contribution in [2.24, 2.45) is 0 Å². The first-order chi connectivity index (χ1) is 7.33. The van der Waals surface area contributed by atoms with E-state index in [4.69, 9.17) is 11.6 Å². The van der Waals surface area contributed by atoms with Crippen LogP contribution in [0, 0.1) is 11.8 Å². The highest BCUT2D eigenvalue weighted by Gasteiger charge is 2.02. The quantitative estimate of drug-likeness (QED) is 0.530. The predicted molar refractivity (Wildman–Crippen MR) is 63.2 cm³/mol. The summed E-state index contributed by atoms with van der Waals surface area (Å²) in [6.45, 7) is 0. The van der Waals surface area contributed by atoms with E-state index in [9.17, 15) is 5.11 Å². The molecule has 0 radical (unpaired) electrons. The van der Waals surface area contributed by atoms with E-state index in [2.05, 4.69) is 11.8 Å². The second kappa shape index (κ2) is 4.25. The lowest BCUT2D eigenvalue weighted by atomic mass is 10.1. The van der Waals surface area contributed by atoms with Crippen molar-refractivity contribution in [3.05, 3.63) is 42.0 Å². The molecule has 2 aromatic rings. The Morgan fingerprint density at radius 2 is 1.93 bits per heavy atom. The van der Waals surface area contributed by atoms with Gasteiger partial charge in [0.2, 0.25) is 0 Å². The first kappa shape index (κ1) is 9.89. The fourth-order valence-electron chi connectivity index (χ4n) is 1.48. The van der Waals surface area contributed by atoms with Gasteiger partial charge in [-0.25, -0.2) is 0 Å². The highest BCUT2D eigenvalue weighted by molar-refractivity contribution is 6.19. The number of hydrogen-bond donors (Lipinski definition) is 1. The van der Waals surface area contributed by atoms with Gasteiger partial charge in [-0.1, -0.05) is 42.2 Å². The fourth-order valence-corrected chi connectivity index (χ4v) is 1.55. The van der Waals surface area contributed by atoms with Gasteiger partial charge in [0.05, 0.1) is 11.4 Å². The van der Waals surface area contributed by atoms with Crippen molar-refractivity contribution in [3.8, 4) is 17.6 Å². The molecule has 0 bridgehead atoms. The Bertz CT molecular complexity index is 549. The molecule has 0 unspecified atom stereocenters. The van der Waals surface area contributed by atoms with E-state index >= 15 is 0 Å². The lowest BCUT2D eigenvalue weighted by Crippen LogP contribution is -1.80. The summed E-state index contributed by atoms with van der Waals surface area (Å²) < 4.78 is 0. The fraction of sp³-hybridized carbons (Fsp3) is 0.0769. The Morgan fingerprint density at radius 1 is 1.13 bits per heavy atom. The second-order valence-electron chi connectivity index (χ2n) is 3.12. The van der Waals surface area contributed by atoms with Crippen LogP contribution in [0.5, 0.6) is 5.75 Å². The molecular formula is C13H9ClO. The number of phenolic OH excluding ortho intramolecular Hbond substituents is 1. The van der Waals surface area contributed by atoms with Gasteiger partial charge < -0.3 is 5.11 Å². The number of phenols is 1. The van der Waals surface area contributed by atoms with Crippen LogP contribution in [0.25, 0.3) is 10.8 Å². The average Bonchev–Trinajstić information content (AvgIpc) is 2.29. The minimum atomic E-state index is 0.228. The number of rotatable bonds is 0. The van der Waals surface area contributed by atoms with Crippen LogP contribution < -0.4 is 0 Å². The summed E-state index contributed by atoms with van der Waals surface area (Å²) in [7, 11) is 0. The van der Waals surface area contributed by atoms with E-state index in [0.717, 1.165) is 10.8 Å². The molecule has 0 atom stereocenters. The monoisotopic (exact) mass is 216 g/mol. The summed E-state index contributed by atoms with van der Waals surface area (Å²) in [6, 6.07) is 11.4. The highest BCUT2D eigenvalue weighted by Crippen LogP contribution is 2.27. The summed E-state index contributed by atoms with van der Waals surface area (Å²) >= 11 is 5.47. The van der Waals surface area contributed by atoms with Crippen molar-refractivity contribution in [1.82, 2.24) is 0 Å². The molecule has 0 aliphatic heterocycles. The van der Waals surface area contributed by atoms with Crippen molar-refractivity contribution in [1.29, 1.82) is 0 Å². The molecule has 0 saturated heterocycles. The average molecular weight is 217 g/mol. The first-order valence-electron chi connectivity index (χ1n) is 4.58. The topological polar surface area (TPSA) is 20.2 Å². The molecular weight excluding hydrogens is 208 g/mol. The molecule has 1 N–H and O–H groups in total. The molecule has 0 aliphatic rings. The highest BCUT2D eigenvalue weighted by atomic mass is 35.5. The van der Waals surface area contributed by atoms with Crippen molar-refractivity contribution < 1.29 is 5.11 Å². The van der Waals surface area contributed by atoms with Gasteiger partial charge >= 0.3 is 0 Å². The largest absolute Gasteiger partial charge is 0.506 e. The molecule has 0 aromatic heterocycles. The van der Waals surface area contributed by atoms with E-state index in [1.54, 1.807) is 6.07 Å². The summed E-state index contributed by atoms with van der Waals surface area (Å²) in [4.78, 5) is 0. The smallest absolute Gasteiger partial charge is 0.139 e. The predicted octanol–water partition coefficient (Wildman–Crippen LogP) is 3.14. The molecule has 0 aliphatic carbocycles. The van der Waals surface area contributed by atoms with E-state index in [1.807, 2.05) is 30.3 Å². The van der Waals surface area contributed by atoms with Crippen LogP contribution >= 0.6 is 11.6 Å². The Labute approximate surface area is 93.3 Å². The maximum atomic E-state index is 9.93. The molecule has 2 rings (SSSR count). The minimum absolute atomic E-state index is 0.228. The van der Waals surface area contributed by atoms with Gasteiger partial charge in [0.15, 0.2) is 0 Å². The molecule has 15 heavy (non-hydrogen) atoms. The van der Waals surface area contributed by atoms with Crippen molar-refractivity contribution in [2.45, 2.75) is 0 Å².